The van der Waals surface area contributed by atoms with Crippen LogP contribution in [0.4, 0.5) is 0 Å². The van der Waals surface area contributed by atoms with Gasteiger partial charge in [-0.15, -0.1) is 0 Å². The van der Waals surface area contributed by atoms with E-state index >= 15 is 0 Å². The molecule has 5 nitrogen and oxygen atoms in total. The number of thiophene rings is 1. The molecule has 0 bridgehead atoms. The Hall–Kier alpha value is -2.21. The molecule has 2 aromatic heterocycles. The quantitative estimate of drug-likeness (QED) is 0.304. The molecule has 2 heterocycles. The van der Waals surface area contributed by atoms with Gasteiger partial charge in [-0.3, -0.25) is 9.78 Å². The summed E-state index contributed by atoms with van der Waals surface area (Å²) < 4.78 is 4.88. The maximum absolute atomic E-state index is 11.2. The number of rotatable bonds is 9. The van der Waals surface area contributed by atoms with Gasteiger partial charge < -0.3 is 9.57 Å². The predicted octanol–water partition coefficient (Wildman–Crippen LogP) is 3.65. The largest absolute Gasteiger partial charge is 0.466 e. The second-order valence-electron chi connectivity index (χ2n) is 4.79. The second kappa shape index (κ2) is 9.74. The minimum Gasteiger partial charge on any atom is -0.466 e. The van der Waals surface area contributed by atoms with Crippen LogP contribution in [-0.4, -0.2) is 29.9 Å². The number of carbonyl (C=O) groups excluding carboxylic acids is 1. The third kappa shape index (κ3) is 5.83. The molecule has 0 amide bonds. The second-order valence-corrected chi connectivity index (χ2v) is 5.57. The Kier molecular flexibility index (Phi) is 7.26. The van der Waals surface area contributed by atoms with Crippen LogP contribution < -0.4 is 0 Å². The fourth-order valence-electron chi connectivity index (χ4n) is 1.95. The molecule has 2 rings (SSSR count). The van der Waals surface area contributed by atoms with Crippen LogP contribution in [0.3, 0.4) is 0 Å². The van der Waals surface area contributed by atoms with Gasteiger partial charge in [0.1, 0.15) is 12.3 Å². The van der Waals surface area contributed by atoms with Crippen LogP contribution in [-0.2, 0) is 14.4 Å². The van der Waals surface area contributed by atoms with Gasteiger partial charge in [0.05, 0.1) is 6.61 Å². The summed E-state index contributed by atoms with van der Waals surface area (Å²) in [6, 6.07) is 5.82. The number of pyridine rings is 1. The van der Waals surface area contributed by atoms with E-state index in [2.05, 4.69) is 10.1 Å². The smallest absolute Gasteiger partial charge is 0.305 e. The number of ether oxygens (including phenoxy) is 1. The van der Waals surface area contributed by atoms with Crippen LogP contribution in [0.1, 0.15) is 37.3 Å². The van der Waals surface area contributed by atoms with Gasteiger partial charge in [0, 0.05) is 35.3 Å². The van der Waals surface area contributed by atoms with E-state index < -0.39 is 0 Å². The third-order valence-corrected chi connectivity index (χ3v) is 3.74. The van der Waals surface area contributed by atoms with Crippen molar-refractivity contribution in [2.75, 3.05) is 13.2 Å². The van der Waals surface area contributed by atoms with Crippen molar-refractivity contribution in [3.63, 3.8) is 0 Å². The van der Waals surface area contributed by atoms with Crippen molar-refractivity contribution in [3.8, 4) is 0 Å². The van der Waals surface area contributed by atoms with E-state index in [0.717, 1.165) is 29.7 Å². The van der Waals surface area contributed by atoms with Crippen molar-refractivity contribution in [2.24, 2.45) is 5.16 Å². The molecule has 0 aromatic carbocycles. The first-order chi connectivity index (χ1) is 11.3. The number of hydrogen-bond acceptors (Lipinski definition) is 6. The number of aromatic nitrogens is 1. The first kappa shape index (κ1) is 17.1. The van der Waals surface area contributed by atoms with Gasteiger partial charge in [0.2, 0.25) is 0 Å². The maximum atomic E-state index is 11.2. The van der Waals surface area contributed by atoms with Crippen molar-refractivity contribution in [2.45, 2.75) is 26.2 Å². The monoisotopic (exact) mass is 332 g/mol. The molecule has 2 aromatic rings. The van der Waals surface area contributed by atoms with Crippen LogP contribution in [0.15, 0.2) is 46.5 Å². The summed E-state index contributed by atoms with van der Waals surface area (Å²) in [5.74, 6) is -0.162. The van der Waals surface area contributed by atoms with Crippen LogP contribution in [0.25, 0.3) is 0 Å². The summed E-state index contributed by atoms with van der Waals surface area (Å²) in [7, 11) is 0. The number of nitrogens with zero attached hydrogens (tertiary/aromatic N) is 2. The SMILES string of the molecule is CCOC(=O)CCCCO/N=C(/c1cccnc1)c1ccsc1. The van der Waals surface area contributed by atoms with E-state index in [1.807, 2.05) is 29.0 Å². The van der Waals surface area contributed by atoms with Crippen molar-refractivity contribution in [1.82, 2.24) is 4.98 Å². The molecule has 0 saturated carbocycles. The Balaban J connectivity index is 1.86. The molecule has 0 fully saturated rings. The maximum Gasteiger partial charge on any atom is 0.305 e. The van der Waals surface area contributed by atoms with E-state index in [0.29, 0.717) is 19.6 Å². The van der Waals surface area contributed by atoms with Gasteiger partial charge in [0.25, 0.3) is 0 Å². The molecule has 6 heteroatoms. The zero-order chi connectivity index (χ0) is 16.3. The molecule has 122 valence electrons. The lowest BCUT2D eigenvalue weighted by Gasteiger charge is -2.05. The average Bonchev–Trinajstić information content (AvgIpc) is 3.09. The molecule has 0 N–H and O–H groups in total. The predicted molar refractivity (Wildman–Crippen MR) is 90.6 cm³/mol. The van der Waals surface area contributed by atoms with Crippen molar-refractivity contribution >= 4 is 23.0 Å². The fourth-order valence-corrected chi connectivity index (χ4v) is 2.59. The lowest BCUT2D eigenvalue weighted by molar-refractivity contribution is -0.143. The Labute approximate surface area is 140 Å². The van der Waals surface area contributed by atoms with Gasteiger partial charge >= 0.3 is 5.97 Å². The molecular formula is C17H20N2O3S. The van der Waals surface area contributed by atoms with Crippen molar-refractivity contribution < 1.29 is 14.4 Å². The van der Waals surface area contributed by atoms with Crippen LogP contribution in [0.2, 0.25) is 0 Å². The van der Waals surface area contributed by atoms with E-state index in [1.165, 1.54) is 0 Å². The lowest BCUT2D eigenvalue weighted by Crippen LogP contribution is -2.05. The first-order valence-electron chi connectivity index (χ1n) is 7.59. The number of unbranched alkanes of at least 4 members (excludes halogenated alkanes) is 1. The standard InChI is InChI=1S/C17H20N2O3S/c1-2-21-16(20)7-3-4-10-22-19-17(15-8-11-23-13-15)14-6-5-9-18-12-14/h5-6,8-9,11-13H,2-4,7,10H2,1H3/b19-17-. The number of oxime groups is 1. The molecule has 0 aliphatic rings. The number of carbonyl (C=O) groups is 1. The summed E-state index contributed by atoms with van der Waals surface area (Å²) in [5.41, 5.74) is 2.69. The number of hydrogen-bond donors (Lipinski definition) is 0. The summed E-state index contributed by atoms with van der Waals surface area (Å²) in [6.07, 6.45) is 5.40. The van der Waals surface area contributed by atoms with Crippen molar-refractivity contribution in [1.29, 1.82) is 0 Å². The Morgan fingerprint density at radius 3 is 2.91 bits per heavy atom. The van der Waals surface area contributed by atoms with E-state index in [9.17, 15) is 4.79 Å². The normalized spacial score (nSPS) is 11.3. The average molecular weight is 332 g/mol. The molecule has 0 aliphatic carbocycles. The number of esters is 1. The van der Waals surface area contributed by atoms with E-state index in [1.54, 1.807) is 30.7 Å². The van der Waals surface area contributed by atoms with E-state index in [-0.39, 0.29) is 5.97 Å². The molecule has 0 atom stereocenters. The Morgan fingerprint density at radius 2 is 2.22 bits per heavy atom. The molecule has 0 aliphatic heterocycles. The topological polar surface area (TPSA) is 60.8 Å². The minimum atomic E-state index is -0.162. The highest BCUT2D eigenvalue weighted by atomic mass is 32.1. The van der Waals surface area contributed by atoms with Gasteiger partial charge in [-0.2, -0.15) is 11.3 Å². The van der Waals surface area contributed by atoms with Gasteiger partial charge in [-0.05, 0) is 43.3 Å². The highest BCUT2D eigenvalue weighted by Gasteiger charge is 2.08. The van der Waals surface area contributed by atoms with E-state index in [4.69, 9.17) is 9.57 Å². The highest BCUT2D eigenvalue weighted by molar-refractivity contribution is 7.08. The van der Waals surface area contributed by atoms with Crippen LogP contribution >= 0.6 is 11.3 Å². The minimum absolute atomic E-state index is 0.162. The first-order valence-corrected chi connectivity index (χ1v) is 8.54. The fraction of sp³-hybridized carbons (Fsp3) is 0.353. The molecular weight excluding hydrogens is 312 g/mol. The molecule has 0 spiro atoms. The summed E-state index contributed by atoms with van der Waals surface area (Å²) >= 11 is 1.61. The highest BCUT2D eigenvalue weighted by Crippen LogP contribution is 2.14. The van der Waals surface area contributed by atoms with Crippen LogP contribution in [0.5, 0.6) is 0 Å². The Morgan fingerprint density at radius 1 is 1.30 bits per heavy atom. The lowest BCUT2D eigenvalue weighted by atomic mass is 10.1. The zero-order valence-electron chi connectivity index (χ0n) is 13.1. The summed E-state index contributed by atoms with van der Waals surface area (Å²) in [5, 5.41) is 8.28. The van der Waals surface area contributed by atoms with Crippen molar-refractivity contribution in [3.05, 3.63) is 52.5 Å². The Bertz CT molecular complexity index is 612. The summed E-state index contributed by atoms with van der Waals surface area (Å²) in [4.78, 5) is 20.8. The van der Waals surface area contributed by atoms with Gasteiger partial charge in [-0.1, -0.05) is 5.16 Å². The van der Waals surface area contributed by atoms with Gasteiger partial charge in [0.15, 0.2) is 0 Å². The van der Waals surface area contributed by atoms with Crippen LogP contribution in [0, 0.1) is 0 Å². The molecule has 0 radical (unpaired) electrons. The summed E-state index contributed by atoms with van der Waals surface area (Å²) in [6.45, 7) is 2.70. The zero-order valence-corrected chi connectivity index (χ0v) is 13.9. The molecule has 23 heavy (non-hydrogen) atoms. The molecule has 0 saturated heterocycles. The molecule has 0 unspecified atom stereocenters. The third-order valence-electron chi connectivity index (χ3n) is 3.06. The van der Waals surface area contributed by atoms with Gasteiger partial charge in [-0.25, -0.2) is 0 Å².